The molecule has 1 aliphatic heterocycles. The van der Waals surface area contributed by atoms with E-state index >= 15 is 0 Å². The molecule has 1 aromatic carbocycles. The average molecular weight is 390 g/mol. The molecule has 3 rings (SSSR count). The lowest BCUT2D eigenvalue weighted by Gasteiger charge is -2.36. The first-order chi connectivity index (χ1) is 13.2. The Morgan fingerprint density at radius 1 is 1.29 bits per heavy atom. The van der Waals surface area contributed by atoms with Crippen LogP contribution in [0.3, 0.4) is 0 Å². The van der Waals surface area contributed by atoms with E-state index in [-0.39, 0.29) is 11.5 Å². The van der Waals surface area contributed by atoms with E-state index in [1.807, 2.05) is 13.8 Å². The molecule has 2 aromatic rings. The van der Waals surface area contributed by atoms with Crippen LogP contribution in [0.5, 0.6) is 0 Å². The number of nitrogens with zero attached hydrogens (tertiary/aromatic N) is 3. The van der Waals surface area contributed by atoms with Crippen LogP contribution >= 0.6 is 0 Å². The molecule has 2 N–H and O–H groups in total. The maximum atomic E-state index is 13.6. The molecule has 0 saturated carbocycles. The number of carbonyl (C=O) groups excluding carboxylic acids is 1. The SMILES string of the molecule is Cc1ccc(NC(=O)c2coc(CN3CCN(CC(C)(C)O)CC3)n2)cc1F. The first-order valence-corrected chi connectivity index (χ1v) is 9.38. The number of oxazole rings is 1. The standard InChI is InChI=1S/C20H27FN4O3/c1-14-4-5-15(10-16(14)21)22-19(26)17-12-28-18(23-17)11-24-6-8-25(9-7-24)13-20(2,3)27/h4-5,10,12,27H,6-9,11,13H2,1-3H3,(H,22,26). The molecule has 1 aliphatic rings. The molecule has 1 amide bonds. The Morgan fingerprint density at radius 2 is 1.96 bits per heavy atom. The zero-order valence-corrected chi connectivity index (χ0v) is 16.5. The number of aryl methyl sites for hydroxylation is 1. The van der Waals surface area contributed by atoms with E-state index in [4.69, 9.17) is 4.42 Å². The number of anilines is 1. The number of benzene rings is 1. The molecular weight excluding hydrogens is 363 g/mol. The summed E-state index contributed by atoms with van der Waals surface area (Å²) in [5.74, 6) is -0.341. The van der Waals surface area contributed by atoms with Crippen LogP contribution in [-0.2, 0) is 6.54 Å². The van der Waals surface area contributed by atoms with Crippen LogP contribution in [0.15, 0.2) is 28.9 Å². The number of β-amino-alcohol motifs (C(OH)–C–C–N with tert-alkyl or cyclic N) is 1. The van der Waals surface area contributed by atoms with Crippen molar-refractivity contribution in [2.45, 2.75) is 32.9 Å². The van der Waals surface area contributed by atoms with Gasteiger partial charge in [-0.05, 0) is 38.5 Å². The van der Waals surface area contributed by atoms with Crippen LogP contribution < -0.4 is 5.32 Å². The molecule has 0 spiro atoms. The van der Waals surface area contributed by atoms with Gasteiger partial charge in [0.25, 0.3) is 5.91 Å². The number of rotatable bonds is 6. The predicted octanol–water partition coefficient (Wildman–Crippen LogP) is 2.26. The van der Waals surface area contributed by atoms with Crippen molar-refractivity contribution in [3.63, 3.8) is 0 Å². The summed E-state index contributed by atoms with van der Waals surface area (Å²) in [5.41, 5.74) is 0.356. The van der Waals surface area contributed by atoms with Gasteiger partial charge in [-0.25, -0.2) is 9.37 Å². The third-order valence-electron chi connectivity index (χ3n) is 4.65. The maximum Gasteiger partial charge on any atom is 0.277 e. The molecule has 28 heavy (non-hydrogen) atoms. The molecule has 2 heterocycles. The zero-order chi connectivity index (χ0) is 20.3. The Bertz CT molecular complexity index is 823. The van der Waals surface area contributed by atoms with Crippen LogP contribution in [0.25, 0.3) is 0 Å². The fourth-order valence-electron chi connectivity index (χ4n) is 3.20. The van der Waals surface area contributed by atoms with Gasteiger partial charge in [-0.3, -0.25) is 14.6 Å². The first-order valence-electron chi connectivity index (χ1n) is 9.38. The Hall–Kier alpha value is -2.29. The van der Waals surface area contributed by atoms with Crippen molar-refractivity contribution in [2.75, 3.05) is 38.0 Å². The van der Waals surface area contributed by atoms with Crippen molar-refractivity contribution in [3.8, 4) is 0 Å². The third-order valence-corrected chi connectivity index (χ3v) is 4.65. The second-order valence-corrected chi connectivity index (χ2v) is 7.91. The van der Waals surface area contributed by atoms with Gasteiger partial charge in [0.1, 0.15) is 12.1 Å². The van der Waals surface area contributed by atoms with E-state index in [0.29, 0.717) is 30.2 Å². The summed E-state index contributed by atoms with van der Waals surface area (Å²) >= 11 is 0. The van der Waals surface area contributed by atoms with Gasteiger partial charge >= 0.3 is 0 Å². The molecular formula is C20H27FN4O3. The Balaban J connectivity index is 1.51. The number of aliphatic hydroxyl groups is 1. The van der Waals surface area contributed by atoms with E-state index in [2.05, 4.69) is 20.1 Å². The molecule has 0 atom stereocenters. The van der Waals surface area contributed by atoms with Crippen molar-refractivity contribution in [2.24, 2.45) is 0 Å². The van der Waals surface area contributed by atoms with Crippen molar-refractivity contribution >= 4 is 11.6 Å². The van der Waals surface area contributed by atoms with Gasteiger partial charge in [0, 0.05) is 38.4 Å². The molecule has 8 heteroatoms. The van der Waals surface area contributed by atoms with E-state index in [1.165, 1.54) is 12.3 Å². The Labute approximate surface area is 164 Å². The normalized spacial score (nSPS) is 16.3. The van der Waals surface area contributed by atoms with Crippen LogP contribution in [0.1, 0.15) is 35.8 Å². The minimum Gasteiger partial charge on any atom is -0.447 e. The number of amides is 1. The van der Waals surface area contributed by atoms with Gasteiger partial charge in [0.05, 0.1) is 12.1 Å². The van der Waals surface area contributed by atoms with Gasteiger partial charge < -0.3 is 14.8 Å². The molecule has 0 radical (unpaired) electrons. The molecule has 7 nitrogen and oxygen atoms in total. The third kappa shape index (κ3) is 5.60. The fourth-order valence-corrected chi connectivity index (χ4v) is 3.20. The maximum absolute atomic E-state index is 13.6. The number of aromatic nitrogens is 1. The highest BCUT2D eigenvalue weighted by molar-refractivity contribution is 6.02. The molecule has 0 unspecified atom stereocenters. The lowest BCUT2D eigenvalue weighted by Crippen LogP contribution is -2.50. The largest absolute Gasteiger partial charge is 0.447 e. The summed E-state index contributed by atoms with van der Waals surface area (Å²) in [6.07, 6.45) is 1.32. The first kappa shape index (κ1) is 20.4. The highest BCUT2D eigenvalue weighted by Crippen LogP contribution is 2.16. The minimum atomic E-state index is -0.701. The second-order valence-electron chi connectivity index (χ2n) is 7.91. The number of hydrogen-bond acceptors (Lipinski definition) is 6. The molecule has 1 fully saturated rings. The smallest absolute Gasteiger partial charge is 0.277 e. The number of hydrogen-bond donors (Lipinski definition) is 2. The number of halogens is 1. The number of piperazine rings is 1. The molecule has 1 aromatic heterocycles. The van der Waals surface area contributed by atoms with Gasteiger partial charge in [0.15, 0.2) is 5.69 Å². The van der Waals surface area contributed by atoms with Crippen LogP contribution in [0, 0.1) is 12.7 Å². The monoisotopic (exact) mass is 390 g/mol. The van der Waals surface area contributed by atoms with Crippen LogP contribution in [0.2, 0.25) is 0 Å². The zero-order valence-electron chi connectivity index (χ0n) is 16.5. The van der Waals surface area contributed by atoms with Crippen molar-refractivity contribution in [1.82, 2.24) is 14.8 Å². The topological polar surface area (TPSA) is 81.8 Å². The van der Waals surface area contributed by atoms with Gasteiger partial charge in [-0.15, -0.1) is 0 Å². The summed E-state index contributed by atoms with van der Waals surface area (Å²) < 4.78 is 19.0. The highest BCUT2D eigenvalue weighted by atomic mass is 19.1. The van der Waals surface area contributed by atoms with Crippen LogP contribution in [0.4, 0.5) is 10.1 Å². The van der Waals surface area contributed by atoms with Crippen molar-refractivity contribution in [3.05, 3.63) is 47.4 Å². The summed E-state index contributed by atoms with van der Waals surface area (Å²) in [7, 11) is 0. The second kappa shape index (κ2) is 8.38. The molecule has 152 valence electrons. The summed E-state index contributed by atoms with van der Waals surface area (Å²) in [6, 6.07) is 4.53. The summed E-state index contributed by atoms with van der Waals surface area (Å²) in [5, 5.41) is 12.5. The van der Waals surface area contributed by atoms with Gasteiger partial charge in [-0.1, -0.05) is 6.07 Å². The quantitative estimate of drug-likeness (QED) is 0.788. The fraction of sp³-hybridized carbons (Fsp3) is 0.500. The van der Waals surface area contributed by atoms with Crippen LogP contribution in [-0.4, -0.2) is 64.1 Å². The Morgan fingerprint density at radius 3 is 2.61 bits per heavy atom. The average Bonchev–Trinajstić information content (AvgIpc) is 3.07. The summed E-state index contributed by atoms with van der Waals surface area (Å²) in [4.78, 5) is 21.0. The lowest BCUT2D eigenvalue weighted by atomic mass is 10.1. The van der Waals surface area contributed by atoms with E-state index in [0.717, 1.165) is 26.2 Å². The van der Waals surface area contributed by atoms with Crippen molar-refractivity contribution in [1.29, 1.82) is 0 Å². The van der Waals surface area contributed by atoms with E-state index in [9.17, 15) is 14.3 Å². The highest BCUT2D eigenvalue weighted by Gasteiger charge is 2.24. The molecule has 0 bridgehead atoms. The number of nitrogens with one attached hydrogen (secondary N) is 1. The lowest BCUT2D eigenvalue weighted by molar-refractivity contribution is 0.0156. The predicted molar refractivity (Wildman–Crippen MR) is 104 cm³/mol. The molecule has 1 saturated heterocycles. The van der Waals surface area contributed by atoms with Gasteiger partial charge in [-0.2, -0.15) is 0 Å². The van der Waals surface area contributed by atoms with Crippen molar-refractivity contribution < 1.29 is 18.7 Å². The minimum absolute atomic E-state index is 0.164. The Kier molecular flexibility index (Phi) is 6.12. The summed E-state index contributed by atoms with van der Waals surface area (Å²) in [6.45, 7) is 9.83. The van der Waals surface area contributed by atoms with E-state index < -0.39 is 11.5 Å². The van der Waals surface area contributed by atoms with E-state index in [1.54, 1.807) is 19.1 Å². The van der Waals surface area contributed by atoms with Gasteiger partial charge in [0.2, 0.25) is 5.89 Å². The molecule has 0 aliphatic carbocycles. The number of carbonyl (C=O) groups is 1.